The molecule has 1 atom stereocenters. The van der Waals surface area contributed by atoms with Crippen LogP contribution in [0.4, 0.5) is 0 Å². The molecule has 0 aromatic heterocycles. The van der Waals surface area contributed by atoms with Gasteiger partial charge in [-0.15, -0.1) is 0 Å². The Bertz CT molecular complexity index is 602. The Balaban J connectivity index is 3.01. The number of benzene rings is 1. The summed E-state index contributed by atoms with van der Waals surface area (Å²) in [5.41, 5.74) is 0.970. The molecule has 1 rings (SSSR count). The molecule has 0 bridgehead atoms. The molecule has 7 heteroatoms. The number of aryl methyl sites for hydroxylation is 1. The van der Waals surface area contributed by atoms with Crippen molar-refractivity contribution in [3.05, 3.63) is 28.2 Å². The number of halogens is 1. The zero-order chi connectivity index (χ0) is 15.5. The summed E-state index contributed by atoms with van der Waals surface area (Å²) >= 11 is 3.27. The smallest absolute Gasteiger partial charge is 0.243 e. The standard InChI is InChI=1S/C13H19BrN2O3S/c1-9-5-6-12(11(14)7-9)20(18,19)16(4)8-10(2)13(17)15-3/h5-7,10H,8H2,1-4H3,(H,15,17). The van der Waals surface area contributed by atoms with Crippen molar-refractivity contribution in [2.24, 2.45) is 5.92 Å². The van der Waals surface area contributed by atoms with Crippen molar-refractivity contribution in [3.8, 4) is 0 Å². The van der Waals surface area contributed by atoms with Crippen LogP contribution in [0.25, 0.3) is 0 Å². The maximum Gasteiger partial charge on any atom is 0.243 e. The third kappa shape index (κ3) is 3.80. The zero-order valence-corrected chi connectivity index (χ0v) is 14.4. The minimum Gasteiger partial charge on any atom is -0.359 e. The Morgan fingerprint density at radius 2 is 2.05 bits per heavy atom. The highest BCUT2D eigenvalue weighted by Gasteiger charge is 2.26. The third-order valence-electron chi connectivity index (χ3n) is 3.00. The van der Waals surface area contributed by atoms with Crippen LogP contribution < -0.4 is 5.32 Å². The van der Waals surface area contributed by atoms with Gasteiger partial charge in [0.15, 0.2) is 0 Å². The first-order valence-corrected chi connectivity index (χ1v) is 8.37. The van der Waals surface area contributed by atoms with Crippen molar-refractivity contribution in [1.29, 1.82) is 0 Å². The molecule has 0 fully saturated rings. The molecule has 0 spiro atoms. The molecule has 0 heterocycles. The van der Waals surface area contributed by atoms with Crippen LogP contribution in [-0.2, 0) is 14.8 Å². The van der Waals surface area contributed by atoms with Crippen molar-refractivity contribution in [1.82, 2.24) is 9.62 Å². The lowest BCUT2D eigenvalue weighted by atomic mass is 10.2. The minimum absolute atomic E-state index is 0.127. The quantitative estimate of drug-likeness (QED) is 0.867. The second-order valence-corrected chi connectivity index (χ2v) is 7.60. The number of carbonyl (C=O) groups is 1. The van der Waals surface area contributed by atoms with Crippen LogP contribution >= 0.6 is 15.9 Å². The molecule has 0 radical (unpaired) electrons. The van der Waals surface area contributed by atoms with Gasteiger partial charge in [-0.1, -0.05) is 13.0 Å². The molecule has 1 aromatic carbocycles. The number of hydrogen-bond acceptors (Lipinski definition) is 3. The second-order valence-electron chi connectivity index (χ2n) is 4.73. The number of nitrogens with one attached hydrogen (secondary N) is 1. The maximum absolute atomic E-state index is 12.5. The highest BCUT2D eigenvalue weighted by molar-refractivity contribution is 9.10. The van der Waals surface area contributed by atoms with Gasteiger partial charge in [0.2, 0.25) is 15.9 Å². The fourth-order valence-corrected chi connectivity index (χ4v) is 4.20. The molecule has 1 N–H and O–H groups in total. The fourth-order valence-electron chi connectivity index (χ4n) is 1.80. The monoisotopic (exact) mass is 362 g/mol. The molecular formula is C13H19BrN2O3S. The van der Waals surface area contributed by atoms with E-state index < -0.39 is 15.9 Å². The maximum atomic E-state index is 12.5. The Labute approximate surface area is 128 Å². The summed E-state index contributed by atoms with van der Waals surface area (Å²) in [6, 6.07) is 5.06. The van der Waals surface area contributed by atoms with Gasteiger partial charge in [-0.25, -0.2) is 12.7 Å². The summed E-state index contributed by atoms with van der Waals surface area (Å²) in [6.45, 7) is 3.70. The Morgan fingerprint density at radius 3 is 2.55 bits per heavy atom. The predicted octanol–water partition coefficient (Wildman–Crippen LogP) is 1.76. The van der Waals surface area contributed by atoms with Gasteiger partial charge in [0.05, 0.1) is 4.90 Å². The first-order chi connectivity index (χ1) is 9.20. The van der Waals surface area contributed by atoms with E-state index in [4.69, 9.17) is 0 Å². The number of nitrogens with zero attached hydrogens (tertiary/aromatic N) is 1. The van der Waals surface area contributed by atoms with Crippen LogP contribution in [0.3, 0.4) is 0 Å². The molecule has 0 saturated heterocycles. The average molecular weight is 363 g/mol. The van der Waals surface area contributed by atoms with Gasteiger partial charge in [0, 0.05) is 31.0 Å². The summed E-state index contributed by atoms with van der Waals surface area (Å²) < 4.78 is 26.7. The Morgan fingerprint density at radius 1 is 1.45 bits per heavy atom. The van der Waals surface area contributed by atoms with Gasteiger partial charge < -0.3 is 5.32 Å². The van der Waals surface area contributed by atoms with E-state index in [0.717, 1.165) is 5.56 Å². The highest BCUT2D eigenvalue weighted by atomic mass is 79.9. The van der Waals surface area contributed by atoms with Gasteiger partial charge in [0.1, 0.15) is 0 Å². The van der Waals surface area contributed by atoms with E-state index in [9.17, 15) is 13.2 Å². The highest BCUT2D eigenvalue weighted by Crippen LogP contribution is 2.25. The van der Waals surface area contributed by atoms with E-state index in [-0.39, 0.29) is 17.3 Å². The van der Waals surface area contributed by atoms with Crippen LogP contribution in [0, 0.1) is 12.8 Å². The van der Waals surface area contributed by atoms with E-state index in [2.05, 4.69) is 21.2 Å². The summed E-state index contributed by atoms with van der Waals surface area (Å²) in [4.78, 5) is 11.7. The van der Waals surface area contributed by atoms with Gasteiger partial charge in [-0.3, -0.25) is 4.79 Å². The number of rotatable bonds is 5. The van der Waals surface area contributed by atoms with E-state index in [1.165, 1.54) is 18.4 Å². The lowest BCUT2D eigenvalue weighted by molar-refractivity contribution is -0.124. The number of hydrogen-bond donors (Lipinski definition) is 1. The molecule has 5 nitrogen and oxygen atoms in total. The number of carbonyl (C=O) groups excluding carboxylic acids is 1. The molecule has 0 aliphatic heterocycles. The molecule has 112 valence electrons. The van der Waals surface area contributed by atoms with Crippen LogP contribution in [0.5, 0.6) is 0 Å². The first kappa shape index (κ1) is 17.1. The number of amides is 1. The van der Waals surface area contributed by atoms with Crippen LogP contribution in [0.15, 0.2) is 27.6 Å². The minimum atomic E-state index is -3.62. The molecule has 1 unspecified atom stereocenters. The zero-order valence-electron chi connectivity index (χ0n) is 12.0. The molecule has 1 amide bonds. The molecular weight excluding hydrogens is 344 g/mol. The average Bonchev–Trinajstić information content (AvgIpc) is 2.36. The van der Waals surface area contributed by atoms with Crippen molar-refractivity contribution in [2.45, 2.75) is 18.7 Å². The summed E-state index contributed by atoms with van der Waals surface area (Å²) in [5, 5.41) is 2.51. The summed E-state index contributed by atoms with van der Waals surface area (Å²) in [6.07, 6.45) is 0. The molecule has 20 heavy (non-hydrogen) atoms. The second kappa shape index (κ2) is 6.69. The van der Waals surface area contributed by atoms with E-state index in [1.807, 2.05) is 6.92 Å². The molecule has 0 aliphatic rings. The summed E-state index contributed by atoms with van der Waals surface area (Å²) in [7, 11) is -0.612. The normalized spacial score (nSPS) is 13.3. The van der Waals surface area contributed by atoms with Gasteiger partial charge in [-0.05, 0) is 40.5 Å². The van der Waals surface area contributed by atoms with Crippen molar-refractivity contribution >= 4 is 31.9 Å². The predicted molar refractivity (Wildman–Crippen MR) is 81.9 cm³/mol. The van der Waals surface area contributed by atoms with Crippen molar-refractivity contribution in [2.75, 3.05) is 20.6 Å². The fraction of sp³-hybridized carbons (Fsp3) is 0.462. The van der Waals surface area contributed by atoms with Crippen LogP contribution in [0.2, 0.25) is 0 Å². The lowest BCUT2D eigenvalue weighted by Gasteiger charge is -2.21. The van der Waals surface area contributed by atoms with E-state index >= 15 is 0 Å². The SMILES string of the molecule is CNC(=O)C(C)CN(C)S(=O)(=O)c1ccc(C)cc1Br. The summed E-state index contributed by atoms with van der Waals surface area (Å²) in [5.74, 6) is -0.598. The van der Waals surface area contributed by atoms with Gasteiger partial charge >= 0.3 is 0 Å². The Hall–Kier alpha value is -0.920. The van der Waals surface area contributed by atoms with Crippen LogP contribution in [0.1, 0.15) is 12.5 Å². The molecule has 1 aromatic rings. The Kier molecular flexibility index (Phi) is 5.73. The first-order valence-electron chi connectivity index (χ1n) is 6.14. The lowest BCUT2D eigenvalue weighted by Crippen LogP contribution is -2.37. The largest absolute Gasteiger partial charge is 0.359 e. The van der Waals surface area contributed by atoms with Crippen molar-refractivity contribution in [3.63, 3.8) is 0 Å². The number of sulfonamides is 1. The van der Waals surface area contributed by atoms with Crippen molar-refractivity contribution < 1.29 is 13.2 Å². The van der Waals surface area contributed by atoms with Gasteiger partial charge in [-0.2, -0.15) is 0 Å². The van der Waals surface area contributed by atoms with Crippen LogP contribution in [-0.4, -0.2) is 39.3 Å². The van der Waals surface area contributed by atoms with Gasteiger partial charge in [0.25, 0.3) is 0 Å². The third-order valence-corrected chi connectivity index (χ3v) is 5.80. The van der Waals surface area contributed by atoms with E-state index in [1.54, 1.807) is 25.1 Å². The molecule has 0 aliphatic carbocycles. The topological polar surface area (TPSA) is 66.5 Å². The van der Waals surface area contributed by atoms with E-state index in [0.29, 0.717) is 4.47 Å². The molecule has 0 saturated carbocycles.